The number of ether oxygens (including phenoxy) is 1. The average Bonchev–Trinajstić information content (AvgIpc) is 2.41. The zero-order valence-corrected chi connectivity index (χ0v) is 10.9. The van der Waals surface area contributed by atoms with Crippen molar-refractivity contribution in [1.82, 2.24) is 0 Å². The molecule has 2 rings (SSSR count). The third kappa shape index (κ3) is 3.04. The van der Waals surface area contributed by atoms with Crippen LogP contribution >= 0.6 is 0 Å². The third-order valence-electron chi connectivity index (χ3n) is 3.18. The van der Waals surface area contributed by atoms with E-state index in [2.05, 4.69) is 26.0 Å². The van der Waals surface area contributed by atoms with Crippen molar-refractivity contribution in [2.24, 2.45) is 0 Å². The lowest BCUT2D eigenvalue weighted by Gasteiger charge is -2.10. The van der Waals surface area contributed by atoms with Gasteiger partial charge in [-0.25, -0.2) is 0 Å². The first kappa shape index (κ1) is 12.5. The average molecular weight is 241 g/mol. The lowest BCUT2D eigenvalue weighted by molar-refractivity contribution is 0.482. The zero-order chi connectivity index (χ0) is 13.0. The van der Waals surface area contributed by atoms with E-state index in [4.69, 9.17) is 10.5 Å². The molecule has 2 aromatic rings. The maximum absolute atomic E-state index is 5.75. The number of nitrogens with two attached hydrogens (primary N) is 1. The number of hydrogen-bond acceptors (Lipinski definition) is 2. The number of hydrogen-bond donors (Lipinski definition) is 1. The minimum Gasteiger partial charge on any atom is -0.457 e. The zero-order valence-electron chi connectivity index (χ0n) is 10.9. The van der Waals surface area contributed by atoms with Gasteiger partial charge < -0.3 is 10.5 Å². The second-order valence-electron chi connectivity index (χ2n) is 4.55. The lowest BCUT2D eigenvalue weighted by Crippen LogP contribution is -1.91. The van der Waals surface area contributed by atoms with Crippen LogP contribution in [0.2, 0.25) is 0 Å². The second-order valence-corrected chi connectivity index (χ2v) is 4.55. The van der Waals surface area contributed by atoms with Gasteiger partial charge in [-0.1, -0.05) is 26.0 Å². The predicted molar refractivity (Wildman–Crippen MR) is 76.1 cm³/mol. The molecule has 18 heavy (non-hydrogen) atoms. The van der Waals surface area contributed by atoms with Crippen LogP contribution in [0, 0.1) is 0 Å². The first-order chi connectivity index (χ1) is 8.69. The Morgan fingerprint density at radius 1 is 0.944 bits per heavy atom. The molecule has 1 atom stereocenters. The SMILES string of the molecule is CC[C@@H](C)c1ccc(Oc2ccc(N)cc2)cc1. The minimum atomic E-state index is 0.593. The molecule has 2 nitrogen and oxygen atoms in total. The molecule has 0 aromatic heterocycles. The quantitative estimate of drug-likeness (QED) is 0.795. The van der Waals surface area contributed by atoms with Crippen LogP contribution in [0.15, 0.2) is 48.5 Å². The summed E-state index contributed by atoms with van der Waals surface area (Å²) in [6.45, 7) is 4.43. The van der Waals surface area contributed by atoms with E-state index < -0.39 is 0 Å². The van der Waals surface area contributed by atoms with Gasteiger partial charge in [0.15, 0.2) is 0 Å². The molecular formula is C16H19NO. The van der Waals surface area contributed by atoms with Gasteiger partial charge in [0.1, 0.15) is 11.5 Å². The van der Waals surface area contributed by atoms with Crippen LogP contribution in [0.1, 0.15) is 31.7 Å². The summed E-state index contributed by atoms with van der Waals surface area (Å²) >= 11 is 0. The summed E-state index contributed by atoms with van der Waals surface area (Å²) in [5.41, 5.74) is 7.73. The lowest BCUT2D eigenvalue weighted by atomic mass is 9.99. The molecule has 2 heteroatoms. The van der Waals surface area contributed by atoms with Crippen molar-refractivity contribution < 1.29 is 4.74 Å². The fraction of sp³-hybridized carbons (Fsp3) is 0.250. The molecular weight excluding hydrogens is 222 g/mol. The summed E-state index contributed by atoms with van der Waals surface area (Å²) in [4.78, 5) is 0. The van der Waals surface area contributed by atoms with Gasteiger partial charge in [0.2, 0.25) is 0 Å². The standard InChI is InChI=1S/C16H19NO/c1-3-12(2)13-4-8-15(9-5-13)18-16-10-6-14(17)7-11-16/h4-12H,3,17H2,1-2H3/t12-/m1/s1. The molecule has 0 aliphatic heterocycles. The van der Waals surface area contributed by atoms with Crippen LogP contribution in [0.25, 0.3) is 0 Å². The summed E-state index contributed by atoms with van der Waals surface area (Å²) < 4.78 is 5.75. The van der Waals surface area contributed by atoms with Crippen LogP contribution in [-0.2, 0) is 0 Å². The molecule has 0 aliphatic carbocycles. The van der Waals surface area contributed by atoms with Crippen molar-refractivity contribution in [3.63, 3.8) is 0 Å². The molecule has 94 valence electrons. The molecule has 0 fully saturated rings. The van der Waals surface area contributed by atoms with E-state index in [1.165, 1.54) is 5.56 Å². The minimum absolute atomic E-state index is 0.593. The maximum atomic E-state index is 5.75. The molecule has 0 aliphatic rings. The largest absolute Gasteiger partial charge is 0.457 e. The third-order valence-corrected chi connectivity index (χ3v) is 3.18. The van der Waals surface area contributed by atoms with Gasteiger partial charge in [0, 0.05) is 5.69 Å². The van der Waals surface area contributed by atoms with Gasteiger partial charge in [-0.15, -0.1) is 0 Å². The van der Waals surface area contributed by atoms with Crippen molar-refractivity contribution >= 4 is 5.69 Å². The molecule has 0 radical (unpaired) electrons. The highest BCUT2D eigenvalue weighted by molar-refractivity contribution is 5.43. The van der Waals surface area contributed by atoms with Crippen LogP contribution in [-0.4, -0.2) is 0 Å². The van der Waals surface area contributed by atoms with E-state index in [1.807, 2.05) is 36.4 Å². The van der Waals surface area contributed by atoms with E-state index in [-0.39, 0.29) is 0 Å². The first-order valence-electron chi connectivity index (χ1n) is 6.32. The monoisotopic (exact) mass is 241 g/mol. The summed E-state index contributed by atoms with van der Waals surface area (Å²) in [6, 6.07) is 15.7. The highest BCUT2D eigenvalue weighted by Gasteiger charge is 2.03. The van der Waals surface area contributed by atoms with Gasteiger partial charge in [-0.2, -0.15) is 0 Å². The molecule has 0 spiro atoms. The Balaban J connectivity index is 2.08. The van der Waals surface area contributed by atoms with E-state index in [9.17, 15) is 0 Å². The van der Waals surface area contributed by atoms with Crippen LogP contribution in [0.3, 0.4) is 0 Å². The summed E-state index contributed by atoms with van der Waals surface area (Å²) in [5.74, 6) is 2.25. The Labute approximate surface area is 108 Å². The normalized spacial score (nSPS) is 12.1. The number of benzene rings is 2. The van der Waals surface area contributed by atoms with Crippen LogP contribution in [0.4, 0.5) is 5.69 Å². The second kappa shape index (κ2) is 5.58. The van der Waals surface area contributed by atoms with Crippen LogP contribution in [0.5, 0.6) is 11.5 Å². The predicted octanol–water partition coefficient (Wildman–Crippen LogP) is 4.57. The van der Waals surface area contributed by atoms with Gasteiger partial charge in [0.05, 0.1) is 0 Å². The van der Waals surface area contributed by atoms with Crippen molar-refractivity contribution in [3.05, 3.63) is 54.1 Å². The summed E-state index contributed by atoms with van der Waals surface area (Å²) in [5, 5.41) is 0. The molecule has 0 saturated heterocycles. The molecule has 2 aromatic carbocycles. The number of nitrogen functional groups attached to an aromatic ring is 1. The number of rotatable bonds is 4. The Hall–Kier alpha value is -1.96. The Kier molecular flexibility index (Phi) is 3.88. The fourth-order valence-electron chi connectivity index (χ4n) is 1.77. The highest BCUT2D eigenvalue weighted by atomic mass is 16.5. The molecule has 0 amide bonds. The van der Waals surface area contributed by atoms with Gasteiger partial charge in [-0.3, -0.25) is 0 Å². The Morgan fingerprint density at radius 2 is 1.44 bits per heavy atom. The smallest absolute Gasteiger partial charge is 0.127 e. The molecule has 0 saturated carbocycles. The van der Waals surface area contributed by atoms with E-state index in [0.717, 1.165) is 23.6 Å². The Morgan fingerprint density at radius 3 is 1.94 bits per heavy atom. The first-order valence-corrected chi connectivity index (χ1v) is 6.32. The van der Waals surface area contributed by atoms with Gasteiger partial charge in [-0.05, 0) is 54.3 Å². The maximum Gasteiger partial charge on any atom is 0.127 e. The van der Waals surface area contributed by atoms with Crippen molar-refractivity contribution in [1.29, 1.82) is 0 Å². The van der Waals surface area contributed by atoms with E-state index >= 15 is 0 Å². The Bertz CT molecular complexity index is 488. The molecule has 0 unspecified atom stereocenters. The molecule has 0 bridgehead atoms. The fourth-order valence-corrected chi connectivity index (χ4v) is 1.77. The van der Waals surface area contributed by atoms with E-state index in [1.54, 1.807) is 0 Å². The molecule has 2 N–H and O–H groups in total. The van der Waals surface area contributed by atoms with Gasteiger partial charge >= 0.3 is 0 Å². The highest BCUT2D eigenvalue weighted by Crippen LogP contribution is 2.25. The van der Waals surface area contributed by atoms with Gasteiger partial charge in [0.25, 0.3) is 0 Å². The van der Waals surface area contributed by atoms with Crippen molar-refractivity contribution in [3.8, 4) is 11.5 Å². The number of anilines is 1. The summed E-state index contributed by atoms with van der Waals surface area (Å²) in [7, 11) is 0. The van der Waals surface area contributed by atoms with Crippen LogP contribution < -0.4 is 10.5 Å². The topological polar surface area (TPSA) is 35.2 Å². The van der Waals surface area contributed by atoms with Crippen molar-refractivity contribution in [2.75, 3.05) is 5.73 Å². The summed E-state index contributed by atoms with van der Waals surface area (Å²) in [6.07, 6.45) is 1.15. The molecule has 0 heterocycles. The van der Waals surface area contributed by atoms with E-state index in [0.29, 0.717) is 5.92 Å². The van der Waals surface area contributed by atoms with Crippen molar-refractivity contribution in [2.45, 2.75) is 26.2 Å².